The van der Waals surface area contributed by atoms with E-state index in [9.17, 15) is 4.79 Å². The second-order valence-electron chi connectivity index (χ2n) is 6.18. The Morgan fingerprint density at radius 1 is 1.04 bits per heavy atom. The summed E-state index contributed by atoms with van der Waals surface area (Å²) >= 11 is 1.40. The fourth-order valence-corrected chi connectivity index (χ4v) is 3.65. The molecular weight excluding hydrogens is 344 g/mol. The van der Waals surface area contributed by atoms with Gasteiger partial charge in [0.15, 0.2) is 10.8 Å². The average Bonchev–Trinajstić information content (AvgIpc) is 3.07. The molecule has 0 spiro atoms. The smallest absolute Gasteiger partial charge is 0.237 e. The molecule has 4 rings (SSSR count). The maximum atomic E-state index is 12.5. The molecular formula is C20H18N4OS. The maximum Gasteiger partial charge on any atom is 0.237 e. The van der Waals surface area contributed by atoms with Gasteiger partial charge in [0.05, 0.1) is 10.8 Å². The topological polar surface area (TPSA) is 59.3 Å². The molecule has 2 aromatic heterocycles. The van der Waals surface area contributed by atoms with E-state index < -0.39 is 0 Å². The minimum absolute atomic E-state index is 0.0594. The van der Waals surface area contributed by atoms with Crippen LogP contribution in [0.2, 0.25) is 0 Å². The second kappa shape index (κ2) is 6.80. The third-order valence-corrected chi connectivity index (χ3v) is 5.26. The summed E-state index contributed by atoms with van der Waals surface area (Å²) in [6, 6.07) is 19.8. The highest BCUT2D eigenvalue weighted by Crippen LogP contribution is 2.26. The van der Waals surface area contributed by atoms with Gasteiger partial charge >= 0.3 is 0 Å². The van der Waals surface area contributed by atoms with E-state index in [0.29, 0.717) is 5.16 Å². The number of aryl methyl sites for hydroxylation is 1. The molecule has 5 nitrogen and oxygen atoms in total. The molecule has 0 aliphatic carbocycles. The number of aromatic nitrogens is 3. The third-order valence-electron chi connectivity index (χ3n) is 4.22. The van der Waals surface area contributed by atoms with Crippen molar-refractivity contribution in [3.8, 4) is 0 Å². The molecule has 0 fully saturated rings. The summed E-state index contributed by atoms with van der Waals surface area (Å²) in [5, 5.41) is 13.0. The van der Waals surface area contributed by atoms with Crippen molar-refractivity contribution in [2.24, 2.45) is 0 Å². The number of carbonyl (C=O) groups is 1. The predicted molar refractivity (Wildman–Crippen MR) is 106 cm³/mol. The number of thioether (sulfide) groups is 1. The summed E-state index contributed by atoms with van der Waals surface area (Å²) < 4.78 is 2.00. The van der Waals surface area contributed by atoms with Crippen LogP contribution in [0.5, 0.6) is 0 Å². The standard InChI is InChI=1S/C20H18N4OS/c1-13-7-10-16(11-8-13)21-19(25)14(2)26-20-23-22-18-12-9-15-5-3-4-6-17(15)24(18)20/h3-12,14H,1-2H3,(H,21,25)/t14-/m0/s1. The Hall–Kier alpha value is -2.86. The number of anilines is 1. The zero-order valence-corrected chi connectivity index (χ0v) is 15.3. The monoisotopic (exact) mass is 362 g/mol. The van der Waals surface area contributed by atoms with Crippen molar-refractivity contribution in [3.63, 3.8) is 0 Å². The van der Waals surface area contributed by atoms with Crippen molar-refractivity contribution in [1.82, 2.24) is 14.6 Å². The number of rotatable bonds is 4. The highest BCUT2D eigenvalue weighted by atomic mass is 32.2. The lowest BCUT2D eigenvalue weighted by Gasteiger charge is -2.12. The summed E-state index contributed by atoms with van der Waals surface area (Å²) in [5.74, 6) is -0.0594. The molecule has 0 aliphatic rings. The number of amides is 1. The minimum Gasteiger partial charge on any atom is -0.325 e. The predicted octanol–water partition coefficient (Wildman–Crippen LogP) is 4.31. The Kier molecular flexibility index (Phi) is 4.34. The summed E-state index contributed by atoms with van der Waals surface area (Å²) in [5.41, 5.74) is 3.76. The molecule has 0 radical (unpaired) electrons. The van der Waals surface area contributed by atoms with Crippen LogP contribution in [0, 0.1) is 6.92 Å². The molecule has 4 aromatic rings. The Balaban J connectivity index is 1.59. The summed E-state index contributed by atoms with van der Waals surface area (Å²) in [6.07, 6.45) is 0. The fraction of sp³-hybridized carbons (Fsp3) is 0.150. The van der Waals surface area contributed by atoms with Crippen LogP contribution in [-0.2, 0) is 4.79 Å². The normalized spacial score (nSPS) is 12.4. The lowest BCUT2D eigenvalue weighted by atomic mass is 10.2. The van der Waals surface area contributed by atoms with Gasteiger partial charge in [-0.25, -0.2) is 0 Å². The van der Waals surface area contributed by atoms with E-state index in [1.54, 1.807) is 0 Å². The number of nitrogens with one attached hydrogen (secondary N) is 1. The van der Waals surface area contributed by atoms with Gasteiger partial charge in [0.2, 0.25) is 5.91 Å². The average molecular weight is 362 g/mol. The third kappa shape index (κ3) is 3.15. The zero-order chi connectivity index (χ0) is 18.1. The summed E-state index contributed by atoms with van der Waals surface area (Å²) in [4.78, 5) is 12.5. The Bertz CT molecular complexity index is 1090. The van der Waals surface area contributed by atoms with E-state index in [4.69, 9.17) is 0 Å². The first-order valence-electron chi connectivity index (χ1n) is 8.39. The van der Waals surface area contributed by atoms with E-state index in [1.165, 1.54) is 11.8 Å². The van der Waals surface area contributed by atoms with Crippen molar-refractivity contribution < 1.29 is 4.79 Å². The fourth-order valence-electron chi connectivity index (χ4n) is 2.78. The van der Waals surface area contributed by atoms with Crippen molar-refractivity contribution in [2.75, 3.05) is 5.32 Å². The van der Waals surface area contributed by atoms with E-state index in [1.807, 2.05) is 72.8 Å². The van der Waals surface area contributed by atoms with Gasteiger partial charge in [-0.15, -0.1) is 10.2 Å². The van der Waals surface area contributed by atoms with Crippen LogP contribution in [0.4, 0.5) is 5.69 Å². The molecule has 130 valence electrons. The molecule has 1 N–H and O–H groups in total. The minimum atomic E-state index is -0.303. The largest absolute Gasteiger partial charge is 0.325 e. The number of fused-ring (bicyclic) bond motifs is 3. The first kappa shape index (κ1) is 16.6. The molecule has 1 amide bonds. The Morgan fingerprint density at radius 3 is 2.62 bits per heavy atom. The van der Waals surface area contributed by atoms with Gasteiger partial charge < -0.3 is 5.32 Å². The van der Waals surface area contributed by atoms with Crippen LogP contribution < -0.4 is 5.32 Å². The van der Waals surface area contributed by atoms with Crippen LogP contribution in [0.15, 0.2) is 65.8 Å². The highest BCUT2D eigenvalue weighted by molar-refractivity contribution is 8.00. The number of pyridine rings is 1. The first-order chi connectivity index (χ1) is 12.6. The van der Waals surface area contributed by atoms with Crippen LogP contribution in [0.1, 0.15) is 12.5 Å². The number of benzene rings is 2. The van der Waals surface area contributed by atoms with E-state index in [2.05, 4.69) is 21.6 Å². The molecule has 2 heterocycles. The lowest BCUT2D eigenvalue weighted by Crippen LogP contribution is -2.22. The second-order valence-corrected chi connectivity index (χ2v) is 7.49. The molecule has 1 atom stereocenters. The van der Waals surface area contributed by atoms with Crippen molar-refractivity contribution in [1.29, 1.82) is 0 Å². The SMILES string of the molecule is Cc1ccc(NC(=O)[C@H](C)Sc2nnc3ccc4ccccc4n23)cc1. The molecule has 0 aliphatic heterocycles. The molecule has 0 saturated carbocycles. The molecule has 0 bridgehead atoms. The van der Waals surface area contributed by atoms with E-state index in [-0.39, 0.29) is 11.2 Å². The Labute approximate surface area is 155 Å². The van der Waals surface area contributed by atoms with Crippen LogP contribution in [-0.4, -0.2) is 25.8 Å². The van der Waals surface area contributed by atoms with Gasteiger partial charge in [-0.1, -0.05) is 47.7 Å². The first-order valence-corrected chi connectivity index (χ1v) is 9.27. The molecule has 6 heteroatoms. The number of hydrogen-bond acceptors (Lipinski definition) is 4. The highest BCUT2D eigenvalue weighted by Gasteiger charge is 2.19. The number of carbonyl (C=O) groups excluding carboxylic acids is 1. The molecule has 2 aromatic carbocycles. The molecule has 26 heavy (non-hydrogen) atoms. The van der Waals surface area contributed by atoms with Gasteiger partial charge in [-0.3, -0.25) is 9.20 Å². The zero-order valence-electron chi connectivity index (χ0n) is 14.5. The van der Waals surface area contributed by atoms with Gasteiger partial charge in [-0.2, -0.15) is 0 Å². The maximum absolute atomic E-state index is 12.5. The molecule has 0 saturated heterocycles. The van der Waals surface area contributed by atoms with Crippen LogP contribution in [0.25, 0.3) is 16.6 Å². The number of hydrogen-bond donors (Lipinski definition) is 1. The number of nitrogens with zero attached hydrogens (tertiary/aromatic N) is 3. The molecule has 0 unspecified atom stereocenters. The summed E-state index contributed by atoms with van der Waals surface area (Å²) in [7, 11) is 0. The van der Waals surface area contributed by atoms with Gasteiger partial charge in [-0.05, 0) is 49.6 Å². The van der Waals surface area contributed by atoms with Crippen molar-refractivity contribution in [2.45, 2.75) is 24.3 Å². The van der Waals surface area contributed by atoms with Gasteiger partial charge in [0, 0.05) is 5.69 Å². The van der Waals surface area contributed by atoms with Crippen LogP contribution >= 0.6 is 11.8 Å². The quantitative estimate of drug-likeness (QED) is 0.550. The van der Waals surface area contributed by atoms with Gasteiger partial charge in [0.1, 0.15) is 0 Å². The van der Waals surface area contributed by atoms with Crippen LogP contribution in [0.3, 0.4) is 0 Å². The lowest BCUT2D eigenvalue weighted by molar-refractivity contribution is -0.115. The van der Waals surface area contributed by atoms with Crippen molar-refractivity contribution >= 4 is 39.9 Å². The summed E-state index contributed by atoms with van der Waals surface area (Å²) in [6.45, 7) is 3.89. The van der Waals surface area contributed by atoms with Crippen molar-refractivity contribution in [3.05, 3.63) is 66.2 Å². The number of para-hydroxylation sites is 1. The van der Waals surface area contributed by atoms with Gasteiger partial charge in [0.25, 0.3) is 0 Å². The van der Waals surface area contributed by atoms with E-state index in [0.717, 1.165) is 27.8 Å². The van der Waals surface area contributed by atoms with E-state index >= 15 is 0 Å². The Morgan fingerprint density at radius 2 is 1.81 bits per heavy atom.